The van der Waals surface area contributed by atoms with Crippen molar-refractivity contribution in [1.82, 2.24) is 0 Å². The van der Waals surface area contributed by atoms with Crippen molar-refractivity contribution in [3.8, 4) is 0 Å². The van der Waals surface area contributed by atoms with Gasteiger partial charge < -0.3 is 5.11 Å². The Bertz CT molecular complexity index is 332. The van der Waals surface area contributed by atoms with Crippen molar-refractivity contribution in [3.05, 3.63) is 33.4 Å². The molecule has 68 valence electrons. The van der Waals surface area contributed by atoms with Crippen LogP contribution in [0.4, 0.5) is 0 Å². The minimum Gasteiger partial charge on any atom is -0.477 e. The number of hydrogen-bond donors (Lipinski definition) is 1. The van der Waals surface area contributed by atoms with E-state index < -0.39 is 5.97 Å². The van der Waals surface area contributed by atoms with Crippen molar-refractivity contribution in [2.24, 2.45) is 0 Å². The minimum absolute atomic E-state index is 0.0567. The summed E-state index contributed by atoms with van der Waals surface area (Å²) in [6.45, 7) is 0. The lowest BCUT2D eigenvalue weighted by atomic mass is 10.1. The summed E-state index contributed by atoms with van der Waals surface area (Å²) in [5, 5.41) is 8.56. The fraction of sp³-hybridized carbons (Fsp3) is 0.111. The zero-order chi connectivity index (χ0) is 9.84. The molecule has 2 nitrogen and oxygen atoms in total. The van der Waals surface area contributed by atoms with Crippen LogP contribution in [-0.4, -0.2) is 15.9 Å². The molecule has 0 saturated heterocycles. The molecule has 0 bridgehead atoms. The first-order chi connectivity index (χ1) is 6.09. The van der Waals surface area contributed by atoms with E-state index in [1.807, 2.05) is 24.3 Å². The Hall–Kier alpha value is -0.490. The van der Waals surface area contributed by atoms with Crippen molar-refractivity contribution in [3.63, 3.8) is 0 Å². The highest BCUT2D eigenvalue weighted by atomic mass is 127. The van der Waals surface area contributed by atoms with E-state index in [-0.39, 0.29) is 4.86 Å². The fourth-order valence-electron chi connectivity index (χ4n) is 0.863. The fourth-order valence-corrected chi connectivity index (χ4v) is 1.39. The Labute approximate surface area is 95.1 Å². The summed E-state index contributed by atoms with van der Waals surface area (Å²) in [5.41, 5.74) is 0.938. The van der Waals surface area contributed by atoms with E-state index in [1.165, 1.54) is 0 Å². The van der Waals surface area contributed by atoms with Crippen molar-refractivity contribution in [1.29, 1.82) is 0 Å². The highest BCUT2D eigenvalue weighted by molar-refractivity contribution is 14.1. The lowest BCUT2D eigenvalue weighted by molar-refractivity contribution is -0.129. The zero-order valence-corrected chi connectivity index (χ0v) is 9.63. The summed E-state index contributed by atoms with van der Waals surface area (Å²) < 4.78 is 1.13. The van der Waals surface area contributed by atoms with E-state index in [2.05, 4.69) is 22.6 Å². The van der Waals surface area contributed by atoms with Gasteiger partial charge in [0.15, 0.2) is 0 Å². The van der Waals surface area contributed by atoms with Gasteiger partial charge in [-0.2, -0.15) is 0 Å². The molecule has 0 fully saturated rings. The van der Waals surface area contributed by atoms with Crippen molar-refractivity contribution in [2.45, 2.75) is 6.42 Å². The van der Waals surface area contributed by atoms with E-state index in [1.54, 1.807) is 0 Å². The summed E-state index contributed by atoms with van der Waals surface area (Å²) in [4.78, 5) is 10.5. The quantitative estimate of drug-likeness (QED) is 0.688. The number of rotatable bonds is 3. The predicted octanol–water partition coefficient (Wildman–Crippen LogP) is 2.29. The van der Waals surface area contributed by atoms with Gasteiger partial charge in [-0.3, -0.25) is 0 Å². The summed E-state index contributed by atoms with van der Waals surface area (Å²) in [6, 6.07) is 7.63. The van der Waals surface area contributed by atoms with Gasteiger partial charge in [0.2, 0.25) is 0 Å². The molecule has 0 aliphatic carbocycles. The molecule has 0 atom stereocenters. The second kappa shape index (κ2) is 4.66. The summed E-state index contributed by atoms with van der Waals surface area (Å²) in [7, 11) is 0. The average molecular weight is 306 g/mol. The molecule has 1 rings (SSSR count). The lowest BCUT2D eigenvalue weighted by Gasteiger charge is -1.99. The molecule has 4 heteroatoms. The molecular formula is C9H7IO2S. The Balaban J connectivity index is 2.70. The molecule has 0 spiro atoms. The molecule has 1 aromatic rings. The third kappa shape index (κ3) is 3.40. The number of carboxylic acids is 1. The van der Waals surface area contributed by atoms with E-state index >= 15 is 0 Å². The third-order valence-corrected chi connectivity index (χ3v) is 2.55. The van der Waals surface area contributed by atoms with Gasteiger partial charge in [0.05, 0.1) is 0 Å². The van der Waals surface area contributed by atoms with E-state index in [0.29, 0.717) is 6.42 Å². The van der Waals surface area contributed by atoms with E-state index in [4.69, 9.17) is 17.3 Å². The number of carboxylic acid groups (broad SMARTS) is 1. The molecule has 1 aromatic carbocycles. The summed E-state index contributed by atoms with van der Waals surface area (Å²) in [5.74, 6) is -1.01. The predicted molar refractivity (Wildman–Crippen MR) is 63.1 cm³/mol. The monoisotopic (exact) mass is 306 g/mol. The molecule has 0 aliphatic heterocycles. The van der Waals surface area contributed by atoms with Crippen molar-refractivity contribution in [2.75, 3.05) is 0 Å². The van der Waals surface area contributed by atoms with Crippen LogP contribution in [0.1, 0.15) is 5.56 Å². The molecule has 0 radical (unpaired) electrons. The van der Waals surface area contributed by atoms with Crippen LogP contribution < -0.4 is 0 Å². The van der Waals surface area contributed by atoms with Crippen LogP contribution in [-0.2, 0) is 11.2 Å². The molecule has 0 amide bonds. The van der Waals surface area contributed by atoms with Gasteiger partial charge in [0, 0.05) is 9.99 Å². The van der Waals surface area contributed by atoms with Crippen LogP contribution in [0.15, 0.2) is 24.3 Å². The molecule has 0 aromatic heterocycles. The molecule has 13 heavy (non-hydrogen) atoms. The van der Waals surface area contributed by atoms with Gasteiger partial charge in [-0.15, -0.1) is 0 Å². The molecule has 0 unspecified atom stereocenters. The van der Waals surface area contributed by atoms with Gasteiger partial charge in [-0.1, -0.05) is 24.4 Å². The van der Waals surface area contributed by atoms with Crippen molar-refractivity contribution >= 4 is 45.6 Å². The Morgan fingerprint density at radius 2 is 1.92 bits per heavy atom. The topological polar surface area (TPSA) is 37.3 Å². The van der Waals surface area contributed by atoms with Crippen LogP contribution in [0, 0.1) is 3.57 Å². The maximum atomic E-state index is 10.4. The van der Waals surface area contributed by atoms with Crippen LogP contribution in [0.5, 0.6) is 0 Å². The van der Waals surface area contributed by atoms with E-state index in [0.717, 1.165) is 9.13 Å². The average Bonchev–Trinajstić information content (AvgIpc) is 2.08. The number of hydrogen-bond acceptors (Lipinski definition) is 2. The zero-order valence-electron chi connectivity index (χ0n) is 6.66. The van der Waals surface area contributed by atoms with Crippen LogP contribution in [0.25, 0.3) is 0 Å². The van der Waals surface area contributed by atoms with Gasteiger partial charge >= 0.3 is 5.97 Å². The molecule has 0 aliphatic rings. The SMILES string of the molecule is O=C(O)C(=S)Cc1ccc(I)cc1. The number of benzene rings is 1. The second-order valence-electron chi connectivity index (χ2n) is 2.53. The standard InChI is InChI=1S/C9H7IO2S/c10-7-3-1-6(2-4-7)5-8(13)9(11)12/h1-4H,5H2,(H,11,12). The number of carbonyl (C=O) groups is 1. The van der Waals surface area contributed by atoms with Crippen molar-refractivity contribution < 1.29 is 9.90 Å². The molecular weight excluding hydrogens is 299 g/mol. The van der Waals surface area contributed by atoms with Crippen LogP contribution in [0.3, 0.4) is 0 Å². The van der Waals surface area contributed by atoms with Gasteiger partial charge in [-0.25, -0.2) is 4.79 Å². The van der Waals surface area contributed by atoms with Gasteiger partial charge in [-0.05, 0) is 40.3 Å². The summed E-state index contributed by atoms with van der Waals surface area (Å²) in [6.07, 6.45) is 0.335. The van der Waals surface area contributed by atoms with E-state index in [9.17, 15) is 4.79 Å². The van der Waals surface area contributed by atoms with Gasteiger partial charge in [0.1, 0.15) is 4.86 Å². The van der Waals surface area contributed by atoms with Crippen LogP contribution >= 0.6 is 34.8 Å². The number of thiocarbonyl (C=S) groups is 1. The number of aliphatic carboxylic acids is 1. The normalized spacial score (nSPS) is 9.62. The summed E-state index contributed by atoms with van der Waals surface area (Å²) >= 11 is 6.89. The highest BCUT2D eigenvalue weighted by Crippen LogP contribution is 2.07. The van der Waals surface area contributed by atoms with Gasteiger partial charge in [0.25, 0.3) is 0 Å². The molecule has 1 N–H and O–H groups in total. The Morgan fingerprint density at radius 1 is 1.38 bits per heavy atom. The maximum Gasteiger partial charge on any atom is 0.342 e. The first-order valence-electron chi connectivity index (χ1n) is 3.60. The first kappa shape index (κ1) is 10.6. The Kier molecular flexibility index (Phi) is 3.80. The maximum absolute atomic E-state index is 10.4. The second-order valence-corrected chi connectivity index (χ2v) is 4.27. The minimum atomic E-state index is -1.01. The smallest absolute Gasteiger partial charge is 0.342 e. The van der Waals surface area contributed by atoms with Crippen LogP contribution in [0.2, 0.25) is 0 Å². The molecule has 0 saturated carbocycles. The highest BCUT2D eigenvalue weighted by Gasteiger charge is 2.06. The number of halogens is 1. The Morgan fingerprint density at radius 3 is 2.38 bits per heavy atom. The molecule has 0 heterocycles. The largest absolute Gasteiger partial charge is 0.477 e. The lowest BCUT2D eigenvalue weighted by Crippen LogP contribution is -2.12. The third-order valence-electron chi connectivity index (χ3n) is 1.52. The first-order valence-corrected chi connectivity index (χ1v) is 5.09.